The molecule has 2 aromatic carbocycles. The third-order valence-electron chi connectivity index (χ3n) is 6.21. The number of aliphatic hydroxyl groups excluding tert-OH is 1. The van der Waals surface area contributed by atoms with Crippen molar-refractivity contribution in [3.8, 4) is 0 Å². The van der Waals surface area contributed by atoms with Gasteiger partial charge in [-0.3, -0.25) is 4.79 Å². The number of carbonyl (C=O) groups excluding carboxylic acids is 1. The van der Waals surface area contributed by atoms with Crippen LogP contribution < -0.4 is 0 Å². The van der Waals surface area contributed by atoms with Crippen molar-refractivity contribution in [3.63, 3.8) is 0 Å². The topological polar surface area (TPSA) is 49.8 Å². The fourth-order valence-electron chi connectivity index (χ4n) is 4.47. The number of likely N-dealkylation sites (tertiary alicyclic amines) is 1. The summed E-state index contributed by atoms with van der Waals surface area (Å²) in [5.74, 6) is -0.434. The van der Waals surface area contributed by atoms with Crippen molar-refractivity contribution in [2.24, 2.45) is 5.92 Å². The predicted octanol–water partition coefficient (Wildman–Crippen LogP) is 5.00. The van der Waals surface area contributed by atoms with E-state index in [1.165, 1.54) is 12.1 Å². The van der Waals surface area contributed by atoms with Gasteiger partial charge in [-0.1, -0.05) is 55.5 Å². The molecule has 0 spiro atoms. The van der Waals surface area contributed by atoms with Gasteiger partial charge in [0, 0.05) is 38.4 Å². The molecular weight excluding hydrogens is 393 g/mol. The highest BCUT2D eigenvalue weighted by Gasteiger charge is 2.46. The molecule has 1 heterocycles. The molecule has 3 unspecified atom stereocenters. The number of piperidine rings is 1. The number of hydrogen-bond donors (Lipinski definition) is 1. The number of ether oxygens (including phenoxy) is 1. The lowest BCUT2D eigenvalue weighted by Crippen LogP contribution is -2.52. The first-order chi connectivity index (χ1) is 15.0. The van der Waals surface area contributed by atoms with Gasteiger partial charge in [0.2, 0.25) is 0 Å². The SMILES string of the molecule is C=CCC1CN(CCC(O)c2ccc(F)cc2)CCC1(OC(=O)CC)c1ccccc1. The van der Waals surface area contributed by atoms with E-state index in [0.29, 0.717) is 25.8 Å². The van der Waals surface area contributed by atoms with E-state index >= 15 is 0 Å². The van der Waals surface area contributed by atoms with Crippen molar-refractivity contribution in [1.82, 2.24) is 4.90 Å². The fraction of sp³-hybridized carbons (Fsp3) is 0.423. The molecular formula is C26H32FNO3. The van der Waals surface area contributed by atoms with Crippen LogP contribution >= 0.6 is 0 Å². The van der Waals surface area contributed by atoms with Gasteiger partial charge in [0.1, 0.15) is 11.4 Å². The van der Waals surface area contributed by atoms with Crippen molar-refractivity contribution in [1.29, 1.82) is 0 Å². The molecule has 1 aliphatic rings. The van der Waals surface area contributed by atoms with E-state index in [9.17, 15) is 14.3 Å². The minimum absolute atomic E-state index is 0.0691. The maximum absolute atomic E-state index is 13.1. The summed E-state index contributed by atoms with van der Waals surface area (Å²) in [7, 11) is 0. The van der Waals surface area contributed by atoms with Crippen LogP contribution in [0, 0.1) is 11.7 Å². The lowest BCUT2D eigenvalue weighted by atomic mass is 9.74. The Bertz CT molecular complexity index is 855. The number of benzene rings is 2. The summed E-state index contributed by atoms with van der Waals surface area (Å²) in [5.41, 5.74) is 1.07. The highest BCUT2D eigenvalue weighted by Crippen LogP contribution is 2.43. The van der Waals surface area contributed by atoms with E-state index < -0.39 is 11.7 Å². The first kappa shape index (κ1) is 23.2. The van der Waals surface area contributed by atoms with E-state index in [1.807, 2.05) is 43.3 Å². The Hall–Kier alpha value is -2.50. The number of hydrogen-bond acceptors (Lipinski definition) is 4. The first-order valence-corrected chi connectivity index (χ1v) is 11.0. The predicted molar refractivity (Wildman–Crippen MR) is 120 cm³/mol. The number of esters is 1. The summed E-state index contributed by atoms with van der Waals surface area (Å²) >= 11 is 0. The number of nitrogens with zero attached hydrogens (tertiary/aromatic N) is 1. The van der Waals surface area contributed by atoms with Gasteiger partial charge in [-0.2, -0.15) is 0 Å². The van der Waals surface area contributed by atoms with Gasteiger partial charge in [0.05, 0.1) is 6.10 Å². The molecule has 0 aliphatic carbocycles. The third-order valence-corrected chi connectivity index (χ3v) is 6.21. The molecule has 5 heteroatoms. The second kappa shape index (κ2) is 10.7. The second-order valence-corrected chi connectivity index (χ2v) is 8.21. The molecule has 0 radical (unpaired) electrons. The van der Waals surface area contributed by atoms with Crippen LogP contribution in [0.2, 0.25) is 0 Å². The van der Waals surface area contributed by atoms with Crippen LogP contribution in [-0.2, 0) is 15.1 Å². The molecule has 2 aromatic rings. The van der Waals surface area contributed by atoms with E-state index in [-0.39, 0.29) is 17.7 Å². The van der Waals surface area contributed by atoms with Crippen LogP contribution in [-0.4, -0.2) is 35.6 Å². The highest BCUT2D eigenvalue weighted by atomic mass is 19.1. The molecule has 0 bridgehead atoms. The Morgan fingerprint density at radius 1 is 1.29 bits per heavy atom. The normalized spacial score (nSPS) is 22.6. The molecule has 1 aliphatic heterocycles. The van der Waals surface area contributed by atoms with Gasteiger partial charge in [0.25, 0.3) is 0 Å². The third kappa shape index (κ3) is 5.60. The van der Waals surface area contributed by atoms with Crippen LogP contribution in [0.5, 0.6) is 0 Å². The monoisotopic (exact) mass is 425 g/mol. The summed E-state index contributed by atoms with van der Waals surface area (Å²) in [6.45, 7) is 7.96. The number of carbonyl (C=O) groups is 1. The van der Waals surface area contributed by atoms with Gasteiger partial charge >= 0.3 is 5.97 Å². The summed E-state index contributed by atoms with van der Waals surface area (Å²) in [5, 5.41) is 10.5. The standard InChI is InChI=1S/C26H32FNO3/c1-3-8-22-19-28(17-15-24(29)20-11-13-23(27)14-12-20)18-16-26(22,31-25(30)4-2)21-9-6-5-7-10-21/h3,5-7,9-14,22,24,29H,1,4,8,15-19H2,2H3. The molecule has 0 aromatic heterocycles. The minimum atomic E-state index is -0.672. The fourth-order valence-corrected chi connectivity index (χ4v) is 4.47. The van der Waals surface area contributed by atoms with Crippen LogP contribution in [0.4, 0.5) is 4.39 Å². The zero-order chi connectivity index (χ0) is 22.3. The molecule has 3 rings (SSSR count). The zero-order valence-corrected chi connectivity index (χ0v) is 18.2. The van der Waals surface area contributed by atoms with E-state index in [2.05, 4.69) is 11.5 Å². The van der Waals surface area contributed by atoms with E-state index in [4.69, 9.17) is 4.74 Å². The number of rotatable bonds is 9. The molecule has 31 heavy (non-hydrogen) atoms. The van der Waals surface area contributed by atoms with Crippen molar-refractivity contribution >= 4 is 5.97 Å². The molecule has 3 atom stereocenters. The van der Waals surface area contributed by atoms with Gasteiger partial charge in [-0.15, -0.1) is 6.58 Å². The van der Waals surface area contributed by atoms with Crippen molar-refractivity contribution in [2.75, 3.05) is 19.6 Å². The Morgan fingerprint density at radius 2 is 2.00 bits per heavy atom. The highest BCUT2D eigenvalue weighted by molar-refractivity contribution is 5.69. The zero-order valence-electron chi connectivity index (χ0n) is 18.2. The van der Waals surface area contributed by atoms with Crippen molar-refractivity contribution in [3.05, 3.63) is 84.2 Å². The van der Waals surface area contributed by atoms with Crippen LogP contribution in [0.15, 0.2) is 67.3 Å². The first-order valence-electron chi connectivity index (χ1n) is 11.0. The van der Waals surface area contributed by atoms with Crippen molar-refractivity contribution in [2.45, 2.75) is 44.3 Å². The molecule has 1 fully saturated rings. The van der Waals surface area contributed by atoms with Crippen LogP contribution in [0.1, 0.15) is 49.8 Å². The Morgan fingerprint density at radius 3 is 2.65 bits per heavy atom. The van der Waals surface area contributed by atoms with Gasteiger partial charge in [-0.25, -0.2) is 4.39 Å². The second-order valence-electron chi connectivity index (χ2n) is 8.21. The molecule has 1 N–H and O–H groups in total. The molecule has 4 nitrogen and oxygen atoms in total. The summed E-state index contributed by atoms with van der Waals surface area (Å²) in [4.78, 5) is 14.7. The minimum Gasteiger partial charge on any atom is -0.454 e. The smallest absolute Gasteiger partial charge is 0.306 e. The number of allylic oxidation sites excluding steroid dienone is 1. The van der Waals surface area contributed by atoms with E-state index in [1.54, 1.807) is 12.1 Å². The Kier molecular flexibility index (Phi) is 7.99. The van der Waals surface area contributed by atoms with Crippen LogP contribution in [0.3, 0.4) is 0 Å². The maximum atomic E-state index is 13.1. The Labute approximate surface area is 184 Å². The average Bonchev–Trinajstić information content (AvgIpc) is 2.80. The van der Waals surface area contributed by atoms with Crippen molar-refractivity contribution < 1.29 is 19.0 Å². The van der Waals surface area contributed by atoms with E-state index in [0.717, 1.165) is 30.6 Å². The number of halogens is 1. The summed E-state index contributed by atoms with van der Waals surface area (Å²) < 4.78 is 19.3. The molecule has 0 amide bonds. The Balaban J connectivity index is 1.74. The summed E-state index contributed by atoms with van der Waals surface area (Å²) in [6, 6.07) is 16.0. The largest absolute Gasteiger partial charge is 0.454 e. The number of aliphatic hydroxyl groups is 1. The quantitative estimate of drug-likeness (QED) is 0.454. The average molecular weight is 426 g/mol. The van der Waals surface area contributed by atoms with Crippen LogP contribution in [0.25, 0.3) is 0 Å². The maximum Gasteiger partial charge on any atom is 0.306 e. The molecule has 1 saturated heterocycles. The molecule has 166 valence electrons. The van der Waals surface area contributed by atoms with Gasteiger partial charge in [0.15, 0.2) is 0 Å². The van der Waals surface area contributed by atoms with Gasteiger partial charge < -0.3 is 14.7 Å². The lowest BCUT2D eigenvalue weighted by Gasteiger charge is -2.47. The summed E-state index contributed by atoms with van der Waals surface area (Å²) in [6.07, 6.45) is 3.55. The molecule has 0 saturated carbocycles. The van der Waals surface area contributed by atoms with Gasteiger partial charge in [-0.05, 0) is 36.1 Å². The lowest BCUT2D eigenvalue weighted by molar-refractivity contribution is -0.176.